The first-order valence-electron chi connectivity index (χ1n) is 10.4. The predicted octanol–water partition coefficient (Wildman–Crippen LogP) is 4.60. The number of hydrogen-bond acceptors (Lipinski definition) is 5. The van der Waals surface area contributed by atoms with Crippen LogP contribution < -0.4 is 10.7 Å². The molecule has 2 N–H and O–H groups in total. The van der Waals surface area contributed by atoms with Crippen molar-refractivity contribution in [2.75, 3.05) is 11.9 Å². The minimum absolute atomic E-state index is 0.0654. The molecule has 2 aromatic carbocycles. The Bertz CT molecular complexity index is 1130. The third-order valence-corrected chi connectivity index (χ3v) is 4.98. The molecular formula is C24H25F2N4O3. The molecule has 1 atom stereocenters. The first-order chi connectivity index (χ1) is 15.9. The highest BCUT2D eigenvalue weighted by Crippen LogP contribution is 2.17. The molecule has 0 saturated carbocycles. The molecule has 7 nitrogen and oxygen atoms in total. The maximum Gasteiger partial charge on any atom is 0.412 e. The van der Waals surface area contributed by atoms with Gasteiger partial charge in [0.15, 0.2) is 11.6 Å². The van der Waals surface area contributed by atoms with Crippen molar-refractivity contribution >= 4 is 28.6 Å². The van der Waals surface area contributed by atoms with Gasteiger partial charge in [-0.25, -0.2) is 24.0 Å². The standard InChI is InChI=1S/C24H25F2N4O3/c1-3-7-20(30(16(2)31)28-14-19-10-6-11-21(25)23(19)26)15-33-24(32)29-22-12-17-8-4-5-9-18(17)13-27-22/h4-6,8-13,20,28H,1,3,7,14-15H2,2H3,(H,27,29,32)/t20-/m0/s1. The first kappa shape index (κ1) is 24.1. The van der Waals surface area contributed by atoms with E-state index in [1.807, 2.05) is 24.3 Å². The van der Waals surface area contributed by atoms with E-state index in [4.69, 9.17) is 4.74 Å². The highest BCUT2D eigenvalue weighted by Gasteiger charge is 2.23. The first-order valence-corrected chi connectivity index (χ1v) is 10.4. The topological polar surface area (TPSA) is 83.6 Å². The van der Waals surface area contributed by atoms with Crippen LogP contribution in [0.15, 0.2) is 54.7 Å². The average molecular weight is 455 g/mol. The van der Waals surface area contributed by atoms with E-state index < -0.39 is 23.8 Å². The molecule has 3 rings (SSSR count). The molecule has 0 unspecified atom stereocenters. The Labute approximate surface area is 190 Å². The summed E-state index contributed by atoms with van der Waals surface area (Å²) < 4.78 is 32.7. The van der Waals surface area contributed by atoms with Crippen LogP contribution in [0.5, 0.6) is 0 Å². The molecular weight excluding hydrogens is 430 g/mol. The van der Waals surface area contributed by atoms with Crippen LogP contribution in [0, 0.1) is 18.6 Å². The van der Waals surface area contributed by atoms with Gasteiger partial charge in [-0.15, -0.1) is 0 Å². The maximum absolute atomic E-state index is 13.9. The van der Waals surface area contributed by atoms with Gasteiger partial charge >= 0.3 is 6.09 Å². The molecule has 0 saturated heterocycles. The van der Waals surface area contributed by atoms with Crippen LogP contribution in [0.25, 0.3) is 10.8 Å². The maximum atomic E-state index is 13.9. The predicted molar refractivity (Wildman–Crippen MR) is 121 cm³/mol. The zero-order valence-corrected chi connectivity index (χ0v) is 18.2. The van der Waals surface area contributed by atoms with Gasteiger partial charge in [0.05, 0.1) is 6.04 Å². The number of hydrazine groups is 1. The Morgan fingerprint density at radius 2 is 1.91 bits per heavy atom. The van der Waals surface area contributed by atoms with Gasteiger partial charge in [0.2, 0.25) is 5.91 Å². The van der Waals surface area contributed by atoms with Crippen LogP contribution in [0.2, 0.25) is 0 Å². The molecule has 2 amide bonds. The van der Waals surface area contributed by atoms with Crippen LogP contribution in [0.4, 0.5) is 19.4 Å². The third-order valence-electron chi connectivity index (χ3n) is 4.98. The Hall–Kier alpha value is -3.59. The molecule has 1 radical (unpaired) electrons. The number of ether oxygens (including phenoxy) is 1. The molecule has 0 aliphatic heterocycles. The van der Waals surface area contributed by atoms with Crippen LogP contribution >= 0.6 is 0 Å². The molecule has 0 aliphatic rings. The number of hydrogen-bond donors (Lipinski definition) is 2. The SMILES string of the molecule is [CH2]CC[C@@H](COC(=O)Nc1cc2ccccc2cn1)N(NCc1cccc(F)c1F)C(C)=O. The molecule has 33 heavy (non-hydrogen) atoms. The van der Waals surface area contributed by atoms with Gasteiger partial charge in [0.1, 0.15) is 12.4 Å². The number of pyridine rings is 1. The summed E-state index contributed by atoms with van der Waals surface area (Å²) in [6.45, 7) is 4.86. The van der Waals surface area contributed by atoms with Crippen molar-refractivity contribution in [3.05, 3.63) is 78.8 Å². The van der Waals surface area contributed by atoms with Crippen LogP contribution in [-0.2, 0) is 16.1 Å². The largest absolute Gasteiger partial charge is 0.447 e. The number of halogens is 2. The lowest BCUT2D eigenvalue weighted by Crippen LogP contribution is -2.50. The van der Waals surface area contributed by atoms with Gasteiger partial charge in [-0.2, -0.15) is 0 Å². The highest BCUT2D eigenvalue weighted by atomic mass is 19.2. The van der Waals surface area contributed by atoms with Crippen molar-refractivity contribution in [3.8, 4) is 0 Å². The Morgan fingerprint density at radius 3 is 2.64 bits per heavy atom. The lowest BCUT2D eigenvalue weighted by atomic mass is 10.1. The summed E-state index contributed by atoms with van der Waals surface area (Å²) >= 11 is 0. The van der Waals surface area contributed by atoms with Crippen molar-refractivity contribution in [2.24, 2.45) is 0 Å². The number of rotatable bonds is 9. The van der Waals surface area contributed by atoms with E-state index in [-0.39, 0.29) is 24.6 Å². The second-order valence-electron chi connectivity index (χ2n) is 7.37. The average Bonchev–Trinajstić information content (AvgIpc) is 2.80. The zero-order chi connectivity index (χ0) is 23.8. The number of carbonyl (C=O) groups excluding carboxylic acids is 2. The van der Waals surface area contributed by atoms with Gasteiger partial charge in [-0.3, -0.25) is 15.1 Å². The van der Waals surface area contributed by atoms with Crippen molar-refractivity contribution in [1.29, 1.82) is 0 Å². The van der Waals surface area contributed by atoms with Crippen molar-refractivity contribution in [2.45, 2.75) is 32.4 Å². The highest BCUT2D eigenvalue weighted by molar-refractivity contribution is 5.89. The molecule has 0 aliphatic carbocycles. The summed E-state index contributed by atoms with van der Waals surface area (Å²) in [6.07, 6.45) is 1.79. The minimum Gasteiger partial charge on any atom is -0.447 e. The molecule has 0 spiro atoms. The van der Waals surface area contributed by atoms with E-state index in [0.29, 0.717) is 18.7 Å². The van der Waals surface area contributed by atoms with Crippen LogP contribution in [0.1, 0.15) is 25.3 Å². The number of nitrogens with zero attached hydrogens (tertiary/aromatic N) is 2. The van der Waals surface area contributed by atoms with Gasteiger partial charge in [0, 0.05) is 30.6 Å². The van der Waals surface area contributed by atoms with Gasteiger partial charge in [-0.05, 0) is 23.9 Å². The summed E-state index contributed by atoms with van der Waals surface area (Å²) in [4.78, 5) is 28.7. The Morgan fingerprint density at radius 1 is 1.15 bits per heavy atom. The summed E-state index contributed by atoms with van der Waals surface area (Å²) in [7, 11) is 0. The van der Waals surface area contributed by atoms with Gasteiger partial charge in [0.25, 0.3) is 0 Å². The second kappa shape index (κ2) is 11.3. The molecule has 173 valence electrons. The van der Waals surface area contributed by atoms with Crippen LogP contribution in [0.3, 0.4) is 0 Å². The Balaban J connectivity index is 1.62. The monoisotopic (exact) mass is 455 g/mol. The van der Waals surface area contributed by atoms with E-state index in [2.05, 4.69) is 22.7 Å². The summed E-state index contributed by atoms with van der Waals surface area (Å²) in [5.74, 6) is -2.00. The lowest BCUT2D eigenvalue weighted by molar-refractivity contribution is -0.136. The molecule has 0 fully saturated rings. The van der Waals surface area contributed by atoms with E-state index in [1.54, 1.807) is 12.3 Å². The number of nitrogens with one attached hydrogen (secondary N) is 2. The summed E-state index contributed by atoms with van der Waals surface area (Å²) in [5, 5.41) is 5.66. The number of fused-ring (bicyclic) bond motifs is 1. The number of benzene rings is 2. The number of aromatic nitrogens is 1. The number of anilines is 1. The fraction of sp³-hybridized carbons (Fsp3) is 0.250. The fourth-order valence-corrected chi connectivity index (χ4v) is 3.34. The fourth-order valence-electron chi connectivity index (χ4n) is 3.34. The summed E-state index contributed by atoms with van der Waals surface area (Å²) in [5.41, 5.74) is 2.87. The Kier molecular flexibility index (Phi) is 8.26. The van der Waals surface area contributed by atoms with Gasteiger partial charge < -0.3 is 4.74 Å². The minimum atomic E-state index is -0.985. The van der Waals surface area contributed by atoms with Gasteiger partial charge in [-0.1, -0.05) is 49.7 Å². The van der Waals surface area contributed by atoms with E-state index >= 15 is 0 Å². The molecule has 1 heterocycles. The van der Waals surface area contributed by atoms with E-state index in [1.165, 1.54) is 24.1 Å². The normalized spacial score (nSPS) is 11.8. The molecule has 9 heteroatoms. The van der Waals surface area contributed by atoms with Crippen molar-refractivity contribution in [1.82, 2.24) is 15.4 Å². The third kappa shape index (κ3) is 6.45. The smallest absolute Gasteiger partial charge is 0.412 e. The summed E-state index contributed by atoms with van der Waals surface area (Å²) in [6, 6.07) is 12.6. The lowest BCUT2D eigenvalue weighted by Gasteiger charge is -2.31. The molecule has 1 aromatic heterocycles. The second-order valence-corrected chi connectivity index (χ2v) is 7.37. The van der Waals surface area contributed by atoms with Crippen LogP contribution in [-0.4, -0.2) is 34.6 Å². The van der Waals surface area contributed by atoms with Crippen molar-refractivity contribution < 1.29 is 23.1 Å². The zero-order valence-electron chi connectivity index (χ0n) is 18.2. The number of carbonyl (C=O) groups is 2. The van der Waals surface area contributed by atoms with E-state index in [9.17, 15) is 18.4 Å². The van der Waals surface area contributed by atoms with E-state index in [0.717, 1.165) is 16.8 Å². The van der Waals surface area contributed by atoms with Crippen molar-refractivity contribution in [3.63, 3.8) is 0 Å². The number of amides is 2. The molecule has 3 aromatic rings. The molecule has 0 bridgehead atoms. The quantitative estimate of drug-likeness (QED) is 0.461.